The lowest BCUT2D eigenvalue weighted by Crippen LogP contribution is -2.18. The molecule has 1 heterocycles. The Hall–Kier alpha value is -3.12. The molecule has 1 aliphatic carbocycles. The molecule has 0 saturated carbocycles. The average molecular weight is 421 g/mol. The highest BCUT2D eigenvalue weighted by Crippen LogP contribution is 2.38. The van der Waals surface area contributed by atoms with Crippen LogP contribution in [0.1, 0.15) is 49.6 Å². The Bertz CT molecular complexity index is 1060. The second-order valence-electron chi connectivity index (χ2n) is 7.35. The van der Waals surface area contributed by atoms with Gasteiger partial charge in [0.15, 0.2) is 0 Å². The largest absolute Gasteiger partial charge is 0.493 e. The molecule has 5 nitrogen and oxygen atoms in total. The number of aryl methyl sites for hydroxylation is 1. The highest BCUT2D eigenvalue weighted by molar-refractivity contribution is 7.17. The van der Waals surface area contributed by atoms with E-state index in [4.69, 9.17) is 10.5 Å². The molecule has 1 aromatic heterocycles. The van der Waals surface area contributed by atoms with Gasteiger partial charge in [-0.2, -0.15) is 0 Å². The molecule has 4 rings (SSSR count). The minimum absolute atomic E-state index is 0.274. The molecule has 1 aliphatic rings. The molecule has 3 N–H and O–H groups in total. The van der Waals surface area contributed by atoms with Crippen molar-refractivity contribution in [1.82, 2.24) is 0 Å². The van der Waals surface area contributed by atoms with Crippen LogP contribution in [0.4, 0.5) is 5.00 Å². The van der Waals surface area contributed by atoms with Crippen LogP contribution in [-0.2, 0) is 19.3 Å². The SMILES string of the molecule is NC(=O)c1c(NC(=O)c2cccc(OCCc3ccccc3)c2)sc2c1CCCC2. The number of rotatable bonds is 7. The summed E-state index contributed by atoms with van der Waals surface area (Å²) >= 11 is 1.46. The van der Waals surface area contributed by atoms with E-state index >= 15 is 0 Å². The first-order valence-corrected chi connectivity index (χ1v) is 11.0. The number of hydrogen-bond acceptors (Lipinski definition) is 4. The minimum Gasteiger partial charge on any atom is -0.493 e. The van der Waals surface area contributed by atoms with Crippen LogP contribution in [0.5, 0.6) is 5.75 Å². The third-order valence-corrected chi connectivity index (χ3v) is 6.45. The van der Waals surface area contributed by atoms with Crippen molar-refractivity contribution in [2.75, 3.05) is 11.9 Å². The maximum Gasteiger partial charge on any atom is 0.256 e. The van der Waals surface area contributed by atoms with Crippen LogP contribution in [-0.4, -0.2) is 18.4 Å². The van der Waals surface area contributed by atoms with Crippen molar-refractivity contribution in [2.45, 2.75) is 32.1 Å². The summed E-state index contributed by atoms with van der Waals surface area (Å²) in [6, 6.07) is 17.2. The van der Waals surface area contributed by atoms with Gasteiger partial charge >= 0.3 is 0 Å². The number of carbonyl (C=O) groups is 2. The number of carbonyl (C=O) groups excluding carboxylic acids is 2. The van der Waals surface area contributed by atoms with Gasteiger partial charge < -0.3 is 15.8 Å². The summed E-state index contributed by atoms with van der Waals surface area (Å²) in [5, 5.41) is 3.45. The molecule has 0 aliphatic heterocycles. The lowest BCUT2D eigenvalue weighted by molar-refractivity contribution is 0.100. The molecule has 0 unspecified atom stereocenters. The molecule has 0 atom stereocenters. The van der Waals surface area contributed by atoms with E-state index in [9.17, 15) is 9.59 Å². The zero-order valence-corrected chi connectivity index (χ0v) is 17.5. The van der Waals surface area contributed by atoms with Gasteiger partial charge in [-0.25, -0.2) is 0 Å². The summed E-state index contributed by atoms with van der Waals surface area (Å²) in [7, 11) is 0. The van der Waals surface area contributed by atoms with Gasteiger partial charge in [-0.1, -0.05) is 36.4 Å². The smallest absolute Gasteiger partial charge is 0.256 e. The summed E-state index contributed by atoms with van der Waals surface area (Å²) in [5.41, 5.74) is 8.78. The Labute approximate surface area is 179 Å². The molecule has 0 bridgehead atoms. The number of primary amides is 1. The van der Waals surface area contributed by atoms with Crippen LogP contribution < -0.4 is 15.8 Å². The predicted octanol–water partition coefficient (Wildman–Crippen LogP) is 4.60. The zero-order chi connectivity index (χ0) is 20.9. The topological polar surface area (TPSA) is 81.4 Å². The summed E-state index contributed by atoms with van der Waals surface area (Å²) in [5.74, 6) is -0.119. The number of anilines is 1. The predicted molar refractivity (Wildman–Crippen MR) is 120 cm³/mol. The summed E-state index contributed by atoms with van der Waals surface area (Å²) in [6.45, 7) is 0.526. The van der Waals surface area contributed by atoms with Crippen LogP contribution in [0, 0.1) is 0 Å². The van der Waals surface area contributed by atoms with Crippen molar-refractivity contribution in [2.24, 2.45) is 5.73 Å². The van der Waals surface area contributed by atoms with Crippen LogP contribution in [0.25, 0.3) is 0 Å². The Kier molecular flexibility index (Phi) is 6.14. The van der Waals surface area contributed by atoms with Gasteiger partial charge in [-0.15, -0.1) is 11.3 Å². The fourth-order valence-electron chi connectivity index (χ4n) is 3.75. The van der Waals surface area contributed by atoms with Crippen molar-refractivity contribution in [3.63, 3.8) is 0 Å². The summed E-state index contributed by atoms with van der Waals surface area (Å²) < 4.78 is 5.83. The fourth-order valence-corrected chi connectivity index (χ4v) is 5.04. The maximum atomic E-state index is 12.8. The van der Waals surface area contributed by atoms with Crippen LogP contribution in [0.3, 0.4) is 0 Å². The van der Waals surface area contributed by atoms with E-state index in [1.807, 2.05) is 24.3 Å². The van der Waals surface area contributed by atoms with E-state index in [0.717, 1.165) is 42.5 Å². The van der Waals surface area contributed by atoms with E-state index in [-0.39, 0.29) is 5.91 Å². The summed E-state index contributed by atoms with van der Waals surface area (Å²) in [4.78, 5) is 26.0. The van der Waals surface area contributed by atoms with E-state index in [0.29, 0.717) is 28.5 Å². The summed E-state index contributed by atoms with van der Waals surface area (Å²) in [6.07, 6.45) is 4.70. The van der Waals surface area contributed by atoms with Crippen LogP contribution >= 0.6 is 11.3 Å². The minimum atomic E-state index is -0.484. The first kappa shape index (κ1) is 20.2. The van der Waals surface area contributed by atoms with Gasteiger partial charge in [-0.05, 0) is 55.0 Å². The second-order valence-corrected chi connectivity index (χ2v) is 8.45. The standard InChI is InChI=1S/C24H24N2O3S/c25-22(27)21-19-11-4-5-12-20(19)30-24(21)26-23(28)17-9-6-10-18(15-17)29-14-13-16-7-2-1-3-8-16/h1-3,6-10,15H,4-5,11-14H2,(H2,25,27)(H,26,28). The zero-order valence-electron chi connectivity index (χ0n) is 16.6. The third kappa shape index (κ3) is 4.54. The molecule has 0 spiro atoms. The van der Waals surface area contributed by atoms with E-state index in [1.54, 1.807) is 18.2 Å². The van der Waals surface area contributed by atoms with Crippen LogP contribution in [0.2, 0.25) is 0 Å². The van der Waals surface area contributed by atoms with Gasteiger partial charge in [0.05, 0.1) is 12.2 Å². The Morgan fingerprint density at radius 2 is 1.83 bits per heavy atom. The average Bonchev–Trinajstić information content (AvgIpc) is 3.13. The number of amides is 2. The number of benzene rings is 2. The highest BCUT2D eigenvalue weighted by atomic mass is 32.1. The molecule has 30 heavy (non-hydrogen) atoms. The number of hydrogen-bond donors (Lipinski definition) is 2. The number of fused-ring (bicyclic) bond motifs is 1. The number of thiophene rings is 1. The number of ether oxygens (including phenoxy) is 1. The third-order valence-electron chi connectivity index (χ3n) is 5.24. The second kappa shape index (κ2) is 9.13. The van der Waals surface area contributed by atoms with Crippen molar-refractivity contribution in [3.8, 4) is 5.75 Å². The molecule has 0 fully saturated rings. The molecule has 6 heteroatoms. The van der Waals surface area contributed by atoms with E-state index in [2.05, 4.69) is 17.4 Å². The normalized spacial score (nSPS) is 12.8. The van der Waals surface area contributed by atoms with Gasteiger partial charge in [0.1, 0.15) is 10.8 Å². The number of nitrogens with two attached hydrogens (primary N) is 1. The van der Waals surface area contributed by atoms with Crippen molar-refractivity contribution in [3.05, 3.63) is 81.7 Å². The molecule has 0 radical (unpaired) electrons. The molecule has 2 aromatic carbocycles. The molecular formula is C24H24N2O3S. The lowest BCUT2D eigenvalue weighted by Gasteiger charge is -2.11. The number of nitrogens with one attached hydrogen (secondary N) is 1. The first-order valence-electron chi connectivity index (χ1n) is 10.1. The first-order chi connectivity index (χ1) is 14.6. The Morgan fingerprint density at radius 1 is 1.03 bits per heavy atom. The van der Waals surface area contributed by atoms with Crippen molar-refractivity contribution in [1.29, 1.82) is 0 Å². The van der Waals surface area contributed by atoms with Gasteiger partial charge in [-0.3, -0.25) is 9.59 Å². The highest BCUT2D eigenvalue weighted by Gasteiger charge is 2.25. The maximum absolute atomic E-state index is 12.8. The molecule has 2 amide bonds. The van der Waals surface area contributed by atoms with E-state index < -0.39 is 5.91 Å². The lowest BCUT2D eigenvalue weighted by atomic mass is 9.95. The Balaban J connectivity index is 1.45. The molecule has 0 saturated heterocycles. The molecular weight excluding hydrogens is 396 g/mol. The van der Waals surface area contributed by atoms with Crippen molar-refractivity contribution < 1.29 is 14.3 Å². The quantitative estimate of drug-likeness (QED) is 0.586. The van der Waals surface area contributed by atoms with Gasteiger partial charge in [0, 0.05) is 16.9 Å². The van der Waals surface area contributed by atoms with Crippen molar-refractivity contribution >= 4 is 28.2 Å². The van der Waals surface area contributed by atoms with Gasteiger partial charge in [0.25, 0.3) is 11.8 Å². The van der Waals surface area contributed by atoms with Gasteiger partial charge in [0.2, 0.25) is 0 Å². The monoisotopic (exact) mass is 420 g/mol. The van der Waals surface area contributed by atoms with E-state index in [1.165, 1.54) is 16.9 Å². The molecule has 3 aromatic rings. The van der Waals surface area contributed by atoms with Crippen LogP contribution in [0.15, 0.2) is 54.6 Å². The fraction of sp³-hybridized carbons (Fsp3) is 0.250. The Morgan fingerprint density at radius 3 is 2.63 bits per heavy atom. The molecule has 154 valence electrons.